The number of piperazine rings is 1. The molecule has 0 radical (unpaired) electrons. The summed E-state index contributed by atoms with van der Waals surface area (Å²) < 4.78 is 0. The Hall–Kier alpha value is -0.650. The van der Waals surface area contributed by atoms with Gasteiger partial charge in [-0.05, 0) is 32.7 Å². The molecular weight excluding hydrogens is 216 g/mol. The fraction of sp³-hybridized carbons (Fsp3) is 0.917. The number of amides is 1. The lowest BCUT2D eigenvalue weighted by Gasteiger charge is -2.40. The van der Waals surface area contributed by atoms with Crippen LogP contribution in [0.3, 0.4) is 0 Å². The molecule has 3 N–H and O–H groups in total. The first-order valence-corrected chi connectivity index (χ1v) is 6.63. The van der Waals surface area contributed by atoms with E-state index < -0.39 is 0 Å². The Kier molecular flexibility index (Phi) is 4.36. The highest BCUT2D eigenvalue weighted by Gasteiger charge is 2.30. The molecular formula is C12H24N4O. The summed E-state index contributed by atoms with van der Waals surface area (Å²) in [5.74, 6) is 5.34. The van der Waals surface area contributed by atoms with Crippen molar-refractivity contribution in [3.05, 3.63) is 0 Å². The molecule has 2 rings (SSSR count). The zero-order valence-corrected chi connectivity index (χ0v) is 10.7. The summed E-state index contributed by atoms with van der Waals surface area (Å²) in [5.41, 5.74) is 2.28. The van der Waals surface area contributed by atoms with Crippen LogP contribution in [-0.4, -0.2) is 55.0 Å². The summed E-state index contributed by atoms with van der Waals surface area (Å²) in [4.78, 5) is 16.4. The highest BCUT2D eigenvalue weighted by molar-refractivity contribution is 5.78. The SMILES string of the molecule is CN1CCN([C@H]2CC[C@H](C(=O)NN)CC2)CC1. The minimum atomic E-state index is 0.0156. The standard InChI is InChI=1S/C12H24N4O/c1-15-6-8-16(9-7-15)11-4-2-10(3-5-11)12(17)14-13/h10-11H,2-9,13H2,1H3,(H,14,17)/t10-,11-. The highest BCUT2D eigenvalue weighted by atomic mass is 16.2. The lowest BCUT2D eigenvalue weighted by molar-refractivity contribution is -0.126. The molecule has 0 aromatic heterocycles. The van der Waals surface area contributed by atoms with Crippen LogP contribution in [-0.2, 0) is 4.79 Å². The van der Waals surface area contributed by atoms with Crippen LogP contribution in [0.25, 0.3) is 0 Å². The second kappa shape index (κ2) is 5.80. The van der Waals surface area contributed by atoms with Gasteiger partial charge in [-0.15, -0.1) is 0 Å². The molecule has 0 aromatic carbocycles. The molecule has 2 aliphatic rings. The fourth-order valence-corrected chi connectivity index (χ4v) is 3.01. The van der Waals surface area contributed by atoms with Crippen molar-refractivity contribution >= 4 is 5.91 Å². The second-order valence-electron chi connectivity index (χ2n) is 5.35. The maximum atomic E-state index is 11.4. The number of carbonyl (C=O) groups excluding carboxylic acids is 1. The first-order chi connectivity index (χ1) is 8.20. The van der Waals surface area contributed by atoms with Crippen LogP contribution in [0.5, 0.6) is 0 Å². The van der Waals surface area contributed by atoms with E-state index in [9.17, 15) is 4.79 Å². The molecule has 1 heterocycles. The third-order valence-corrected chi connectivity index (χ3v) is 4.26. The summed E-state index contributed by atoms with van der Waals surface area (Å²) in [7, 11) is 2.18. The van der Waals surface area contributed by atoms with Gasteiger partial charge in [0.25, 0.3) is 0 Å². The average molecular weight is 240 g/mol. The number of hydrazine groups is 1. The van der Waals surface area contributed by atoms with Gasteiger partial charge in [0.2, 0.25) is 5.91 Å². The quantitative estimate of drug-likeness (QED) is 0.398. The minimum Gasteiger partial charge on any atom is -0.304 e. The van der Waals surface area contributed by atoms with Crippen LogP contribution in [0.4, 0.5) is 0 Å². The number of nitrogens with zero attached hydrogens (tertiary/aromatic N) is 2. The Morgan fingerprint density at radius 3 is 2.24 bits per heavy atom. The molecule has 17 heavy (non-hydrogen) atoms. The number of likely N-dealkylation sites (N-methyl/N-ethyl adjacent to an activating group) is 1. The highest BCUT2D eigenvalue weighted by Crippen LogP contribution is 2.28. The van der Waals surface area contributed by atoms with Crippen LogP contribution >= 0.6 is 0 Å². The van der Waals surface area contributed by atoms with Gasteiger partial charge in [0.1, 0.15) is 0 Å². The van der Waals surface area contributed by atoms with E-state index in [4.69, 9.17) is 5.84 Å². The zero-order chi connectivity index (χ0) is 12.3. The molecule has 1 saturated carbocycles. The van der Waals surface area contributed by atoms with Gasteiger partial charge in [0.05, 0.1) is 0 Å². The molecule has 2 fully saturated rings. The van der Waals surface area contributed by atoms with Crippen molar-refractivity contribution in [1.29, 1.82) is 0 Å². The number of hydrogen-bond donors (Lipinski definition) is 2. The Morgan fingerprint density at radius 1 is 1.12 bits per heavy atom. The third-order valence-electron chi connectivity index (χ3n) is 4.26. The average Bonchev–Trinajstić information content (AvgIpc) is 2.39. The molecule has 0 bridgehead atoms. The lowest BCUT2D eigenvalue weighted by Crippen LogP contribution is -2.50. The molecule has 0 spiro atoms. The first-order valence-electron chi connectivity index (χ1n) is 6.63. The molecule has 1 aliphatic heterocycles. The summed E-state index contributed by atoms with van der Waals surface area (Å²) >= 11 is 0. The van der Waals surface area contributed by atoms with Gasteiger partial charge >= 0.3 is 0 Å². The van der Waals surface area contributed by atoms with Crippen molar-refractivity contribution in [3.63, 3.8) is 0 Å². The van der Waals surface area contributed by atoms with Crippen molar-refractivity contribution in [2.24, 2.45) is 11.8 Å². The maximum absolute atomic E-state index is 11.4. The predicted octanol–water partition coefficient (Wildman–Crippen LogP) is -0.217. The van der Waals surface area contributed by atoms with Crippen LogP contribution in [0.15, 0.2) is 0 Å². The van der Waals surface area contributed by atoms with Gasteiger partial charge in [0, 0.05) is 38.1 Å². The Balaban J connectivity index is 1.77. The molecule has 0 unspecified atom stereocenters. The maximum Gasteiger partial charge on any atom is 0.236 e. The number of hydrogen-bond acceptors (Lipinski definition) is 4. The van der Waals surface area contributed by atoms with E-state index in [0.717, 1.165) is 25.7 Å². The molecule has 5 heteroatoms. The van der Waals surface area contributed by atoms with Gasteiger partial charge < -0.3 is 4.90 Å². The van der Waals surface area contributed by atoms with Crippen molar-refractivity contribution in [2.75, 3.05) is 33.2 Å². The Labute approximate surface area is 103 Å². The van der Waals surface area contributed by atoms with Crippen LogP contribution in [0.2, 0.25) is 0 Å². The van der Waals surface area contributed by atoms with Gasteiger partial charge in [-0.25, -0.2) is 5.84 Å². The number of rotatable bonds is 2. The van der Waals surface area contributed by atoms with Gasteiger partial charge in [-0.1, -0.05) is 0 Å². The van der Waals surface area contributed by atoms with Gasteiger partial charge in [-0.2, -0.15) is 0 Å². The second-order valence-corrected chi connectivity index (χ2v) is 5.35. The molecule has 0 aromatic rings. The predicted molar refractivity (Wildman–Crippen MR) is 67.1 cm³/mol. The first kappa shape index (κ1) is 12.8. The Morgan fingerprint density at radius 2 is 1.71 bits per heavy atom. The van der Waals surface area contributed by atoms with E-state index >= 15 is 0 Å². The van der Waals surface area contributed by atoms with Crippen molar-refractivity contribution in [1.82, 2.24) is 15.2 Å². The number of nitrogens with two attached hydrogens (primary N) is 1. The molecule has 0 atom stereocenters. The van der Waals surface area contributed by atoms with E-state index in [1.807, 2.05) is 0 Å². The van der Waals surface area contributed by atoms with E-state index in [1.165, 1.54) is 26.2 Å². The van der Waals surface area contributed by atoms with Crippen molar-refractivity contribution in [2.45, 2.75) is 31.7 Å². The summed E-state index contributed by atoms with van der Waals surface area (Å²) in [6.45, 7) is 4.69. The molecule has 5 nitrogen and oxygen atoms in total. The smallest absolute Gasteiger partial charge is 0.236 e. The van der Waals surface area contributed by atoms with Crippen LogP contribution in [0, 0.1) is 5.92 Å². The summed E-state index contributed by atoms with van der Waals surface area (Å²) in [6.07, 6.45) is 4.25. The largest absolute Gasteiger partial charge is 0.304 e. The van der Waals surface area contributed by atoms with E-state index in [0.29, 0.717) is 6.04 Å². The zero-order valence-electron chi connectivity index (χ0n) is 10.7. The Bertz CT molecular complexity index is 255. The van der Waals surface area contributed by atoms with Crippen molar-refractivity contribution in [3.8, 4) is 0 Å². The molecule has 1 aliphatic carbocycles. The van der Waals surface area contributed by atoms with Gasteiger partial charge in [-0.3, -0.25) is 15.1 Å². The van der Waals surface area contributed by atoms with Gasteiger partial charge in [0.15, 0.2) is 0 Å². The third kappa shape index (κ3) is 3.18. The number of carbonyl (C=O) groups is 1. The summed E-state index contributed by atoms with van der Waals surface area (Å²) in [6, 6.07) is 0.686. The summed E-state index contributed by atoms with van der Waals surface area (Å²) in [5, 5.41) is 0. The monoisotopic (exact) mass is 240 g/mol. The normalized spacial score (nSPS) is 32.4. The molecule has 1 amide bonds. The molecule has 1 saturated heterocycles. The van der Waals surface area contributed by atoms with Crippen LogP contribution < -0.4 is 11.3 Å². The van der Waals surface area contributed by atoms with Crippen LogP contribution in [0.1, 0.15) is 25.7 Å². The van der Waals surface area contributed by atoms with E-state index in [2.05, 4.69) is 22.3 Å². The molecule has 98 valence electrons. The topological polar surface area (TPSA) is 61.6 Å². The minimum absolute atomic E-state index is 0.0156. The van der Waals surface area contributed by atoms with E-state index in [-0.39, 0.29) is 11.8 Å². The fourth-order valence-electron chi connectivity index (χ4n) is 3.01. The lowest BCUT2D eigenvalue weighted by atomic mass is 9.84. The number of nitrogens with one attached hydrogen (secondary N) is 1. The van der Waals surface area contributed by atoms with E-state index in [1.54, 1.807) is 0 Å². The van der Waals surface area contributed by atoms with Crippen molar-refractivity contribution < 1.29 is 4.79 Å².